The number of benzene rings is 6. The largest absolute Gasteiger partial charge is 0.293 e. The quantitative estimate of drug-likeness (QED) is 0.176. The summed E-state index contributed by atoms with van der Waals surface area (Å²) in [7, 11) is 0. The fourth-order valence-corrected chi connectivity index (χ4v) is 7.90. The van der Waals surface area contributed by atoms with Gasteiger partial charge in [0.2, 0.25) is 0 Å². The van der Waals surface area contributed by atoms with Crippen molar-refractivity contribution < 1.29 is 0 Å². The highest BCUT2D eigenvalue weighted by molar-refractivity contribution is 6.21. The van der Waals surface area contributed by atoms with Gasteiger partial charge in [-0.1, -0.05) is 140 Å². The minimum atomic E-state index is 0.338. The standard InChI is InChI=1S/C46H36N2/c1-31-29-35(46-47-42-23-13-14-24-43(42)48(46)36-19-9-4-10-20-36)26-27-37(31)34-25-28-40-41(30-34)45(33-17-7-3-8-18-33)39-22-12-11-21-38(39)44(40)32-15-5-2-6-16-32/h2-12,14-22,24-28,30-31H,13,23,29H2,1H3. The molecule has 0 saturated heterocycles. The molecule has 1 unspecified atom stereocenters. The molecule has 0 spiro atoms. The minimum Gasteiger partial charge on any atom is -0.293 e. The van der Waals surface area contributed by atoms with E-state index in [0.717, 1.165) is 25.1 Å². The summed E-state index contributed by atoms with van der Waals surface area (Å²) < 4.78 is 2.36. The van der Waals surface area contributed by atoms with Crippen molar-refractivity contribution in [3.05, 3.63) is 174 Å². The van der Waals surface area contributed by atoms with Gasteiger partial charge in [0.25, 0.3) is 0 Å². The van der Waals surface area contributed by atoms with E-state index in [-0.39, 0.29) is 0 Å². The molecule has 2 nitrogen and oxygen atoms in total. The molecule has 1 atom stereocenters. The van der Waals surface area contributed by atoms with E-state index in [4.69, 9.17) is 4.98 Å². The van der Waals surface area contributed by atoms with Crippen molar-refractivity contribution in [1.29, 1.82) is 0 Å². The lowest BCUT2D eigenvalue weighted by atomic mass is 9.81. The van der Waals surface area contributed by atoms with Crippen molar-refractivity contribution in [3.8, 4) is 27.9 Å². The Kier molecular flexibility index (Phi) is 7.01. The van der Waals surface area contributed by atoms with Crippen LogP contribution in [-0.2, 0) is 6.42 Å². The molecular formula is C46H36N2. The number of aromatic nitrogens is 2. The summed E-state index contributed by atoms with van der Waals surface area (Å²) in [6.45, 7) is 2.37. The van der Waals surface area contributed by atoms with Crippen molar-refractivity contribution in [2.45, 2.75) is 26.2 Å². The zero-order chi connectivity index (χ0) is 32.0. The van der Waals surface area contributed by atoms with Crippen LogP contribution < -0.4 is 0 Å². The molecule has 2 heteroatoms. The molecule has 0 bridgehead atoms. The molecule has 0 amide bonds. The number of fused-ring (bicyclic) bond motifs is 3. The first kappa shape index (κ1) is 28.5. The van der Waals surface area contributed by atoms with Crippen LogP contribution in [0.15, 0.2) is 152 Å². The lowest BCUT2D eigenvalue weighted by Gasteiger charge is -2.24. The molecule has 0 aliphatic heterocycles. The molecule has 1 heterocycles. The van der Waals surface area contributed by atoms with E-state index in [1.807, 2.05) is 0 Å². The maximum Gasteiger partial charge on any atom is 0.141 e. The van der Waals surface area contributed by atoms with Crippen molar-refractivity contribution in [2.75, 3.05) is 0 Å². The minimum absolute atomic E-state index is 0.338. The number of hydrogen-bond donors (Lipinski definition) is 0. The summed E-state index contributed by atoms with van der Waals surface area (Å²) in [4.78, 5) is 5.25. The molecule has 48 heavy (non-hydrogen) atoms. The number of allylic oxidation sites excluding steroid dienone is 5. The van der Waals surface area contributed by atoms with Crippen LogP contribution in [0.2, 0.25) is 0 Å². The second-order valence-electron chi connectivity index (χ2n) is 13.1. The predicted molar refractivity (Wildman–Crippen MR) is 203 cm³/mol. The summed E-state index contributed by atoms with van der Waals surface area (Å²) in [6.07, 6.45) is 12.2. The fraction of sp³-hybridized carbons (Fsp3) is 0.109. The molecule has 2 aliphatic rings. The molecule has 9 rings (SSSR count). The summed E-state index contributed by atoms with van der Waals surface area (Å²) in [5.74, 6) is 1.41. The maximum absolute atomic E-state index is 5.25. The van der Waals surface area contributed by atoms with E-state index >= 15 is 0 Å². The summed E-state index contributed by atoms with van der Waals surface area (Å²) in [5, 5.41) is 5.14. The Morgan fingerprint density at radius 1 is 0.604 bits per heavy atom. The molecule has 0 N–H and O–H groups in total. The molecule has 1 aromatic heterocycles. The molecule has 0 fully saturated rings. The number of imidazole rings is 1. The first-order valence-corrected chi connectivity index (χ1v) is 17.1. The Hall–Kier alpha value is -5.73. The number of nitrogens with zero attached hydrogens (tertiary/aromatic N) is 2. The second kappa shape index (κ2) is 11.8. The highest BCUT2D eigenvalue weighted by atomic mass is 15.1. The number of rotatable bonds is 5. The van der Waals surface area contributed by atoms with Gasteiger partial charge in [0.15, 0.2) is 0 Å². The Morgan fingerprint density at radius 3 is 1.88 bits per heavy atom. The second-order valence-corrected chi connectivity index (χ2v) is 13.1. The van der Waals surface area contributed by atoms with E-state index in [9.17, 15) is 0 Å². The van der Waals surface area contributed by atoms with Gasteiger partial charge in [-0.2, -0.15) is 0 Å². The van der Waals surface area contributed by atoms with Crippen LogP contribution in [0.5, 0.6) is 0 Å². The van der Waals surface area contributed by atoms with Crippen LogP contribution in [0.1, 0.15) is 42.5 Å². The topological polar surface area (TPSA) is 17.8 Å². The number of hydrogen-bond acceptors (Lipinski definition) is 1. The van der Waals surface area contributed by atoms with Gasteiger partial charge in [0.1, 0.15) is 5.82 Å². The first-order chi connectivity index (χ1) is 23.7. The first-order valence-electron chi connectivity index (χ1n) is 17.1. The summed E-state index contributed by atoms with van der Waals surface area (Å²) >= 11 is 0. The predicted octanol–water partition coefficient (Wildman–Crippen LogP) is 12.0. The third kappa shape index (κ3) is 4.76. The molecule has 6 aromatic carbocycles. The highest BCUT2D eigenvalue weighted by Gasteiger charge is 2.26. The van der Waals surface area contributed by atoms with Gasteiger partial charge < -0.3 is 0 Å². The maximum atomic E-state index is 5.25. The van der Waals surface area contributed by atoms with Gasteiger partial charge in [0.05, 0.1) is 11.4 Å². The molecule has 0 saturated carbocycles. The van der Waals surface area contributed by atoms with Gasteiger partial charge >= 0.3 is 0 Å². The van der Waals surface area contributed by atoms with Crippen LogP contribution in [0, 0.1) is 5.92 Å². The van der Waals surface area contributed by atoms with Crippen molar-refractivity contribution in [3.63, 3.8) is 0 Å². The van der Waals surface area contributed by atoms with Gasteiger partial charge in [-0.3, -0.25) is 4.57 Å². The summed E-state index contributed by atoms with van der Waals surface area (Å²) in [5.41, 5.74) is 12.6. The van der Waals surface area contributed by atoms with E-state index in [1.54, 1.807) is 0 Å². The number of para-hydroxylation sites is 1. The lowest BCUT2D eigenvalue weighted by Crippen LogP contribution is -2.09. The molecule has 0 radical (unpaired) electrons. The van der Waals surface area contributed by atoms with Crippen LogP contribution in [0.4, 0.5) is 0 Å². The third-order valence-electron chi connectivity index (χ3n) is 10.1. The monoisotopic (exact) mass is 616 g/mol. The Labute approximate surface area is 282 Å². The normalized spacial score (nSPS) is 15.7. The highest BCUT2D eigenvalue weighted by Crippen LogP contribution is 2.46. The van der Waals surface area contributed by atoms with Crippen LogP contribution in [0.25, 0.3) is 66.7 Å². The van der Waals surface area contributed by atoms with Gasteiger partial charge in [-0.25, -0.2) is 4.98 Å². The van der Waals surface area contributed by atoms with E-state index in [0.29, 0.717) is 5.92 Å². The fourth-order valence-electron chi connectivity index (χ4n) is 7.90. The summed E-state index contributed by atoms with van der Waals surface area (Å²) in [6, 6.07) is 48.5. The average Bonchev–Trinajstić information content (AvgIpc) is 3.54. The Bertz CT molecular complexity index is 2410. The van der Waals surface area contributed by atoms with E-state index in [1.165, 1.54) is 77.6 Å². The van der Waals surface area contributed by atoms with Crippen molar-refractivity contribution in [2.24, 2.45) is 5.92 Å². The number of aryl methyl sites for hydroxylation is 1. The van der Waals surface area contributed by atoms with Crippen molar-refractivity contribution in [1.82, 2.24) is 9.55 Å². The van der Waals surface area contributed by atoms with Crippen LogP contribution in [-0.4, -0.2) is 9.55 Å². The molecule has 230 valence electrons. The zero-order valence-corrected chi connectivity index (χ0v) is 27.1. The zero-order valence-electron chi connectivity index (χ0n) is 27.1. The molecule has 2 aliphatic carbocycles. The SMILES string of the molecule is CC1CC(c2nc3c(n2-c2ccccc2)C=CCC3)=CC=C1c1ccc2c(-c3ccccc3)c3ccccc3c(-c3ccccc3)c2c1. The van der Waals surface area contributed by atoms with E-state index in [2.05, 4.69) is 169 Å². The molecular weight excluding hydrogens is 581 g/mol. The van der Waals surface area contributed by atoms with Crippen molar-refractivity contribution >= 4 is 38.8 Å². The lowest BCUT2D eigenvalue weighted by molar-refractivity contribution is 0.762. The Morgan fingerprint density at radius 2 is 1.21 bits per heavy atom. The van der Waals surface area contributed by atoms with Gasteiger partial charge in [0, 0.05) is 5.69 Å². The smallest absolute Gasteiger partial charge is 0.141 e. The van der Waals surface area contributed by atoms with Gasteiger partial charge in [-0.15, -0.1) is 0 Å². The molecule has 7 aromatic rings. The average molecular weight is 617 g/mol. The van der Waals surface area contributed by atoms with Crippen LogP contribution >= 0.6 is 0 Å². The van der Waals surface area contributed by atoms with Crippen LogP contribution in [0.3, 0.4) is 0 Å². The van der Waals surface area contributed by atoms with E-state index < -0.39 is 0 Å². The van der Waals surface area contributed by atoms with Gasteiger partial charge in [-0.05, 0) is 110 Å². The third-order valence-corrected chi connectivity index (χ3v) is 10.1. The Balaban J connectivity index is 1.23.